The van der Waals surface area contributed by atoms with Gasteiger partial charge in [-0.2, -0.15) is 0 Å². The molecular weight excluding hydrogens is 424 g/mol. The fourth-order valence-electron chi connectivity index (χ4n) is 5.04. The maximum Gasteiger partial charge on any atom is 0.413 e. The van der Waals surface area contributed by atoms with Crippen molar-refractivity contribution in [3.8, 4) is 0 Å². The lowest BCUT2D eigenvalue weighted by molar-refractivity contribution is -0.156. The van der Waals surface area contributed by atoms with Crippen LogP contribution in [0.4, 0.5) is 9.59 Å². The fraction of sp³-hybridized carbons (Fsp3) is 0.857. The third-order valence-electron chi connectivity index (χ3n) is 6.30. The zero-order chi connectivity index (χ0) is 24.1. The molecule has 0 bridgehead atoms. The van der Waals surface area contributed by atoms with Crippen LogP contribution in [0.15, 0.2) is 0 Å². The first-order valence-corrected chi connectivity index (χ1v) is 10.8. The first-order valence-electron chi connectivity index (χ1n) is 10.8. The number of cyclic esters (lactones) is 1. The monoisotopic (exact) mass is 458 g/mol. The van der Waals surface area contributed by atoms with Crippen LogP contribution < -0.4 is 0 Å². The number of rotatable bonds is 5. The molecule has 2 N–H and O–H groups in total. The van der Waals surface area contributed by atoms with E-state index in [-0.39, 0.29) is 19.4 Å². The normalized spacial score (nSPS) is 32.5. The van der Waals surface area contributed by atoms with E-state index in [0.717, 1.165) is 0 Å². The number of esters is 1. The Morgan fingerprint density at radius 3 is 2.53 bits per heavy atom. The Balaban J connectivity index is 1.99. The first-order chi connectivity index (χ1) is 14.8. The summed E-state index contributed by atoms with van der Waals surface area (Å²) < 4.78 is 22.2. The van der Waals surface area contributed by atoms with E-state index in [4.69, 9.17) is 18.9 Å². The highest BCUT2D eigenvalue weighted by Gasteiger charge is 2.70. The Kier molecular flexibility index (Phi) is 6.40. The van der Waals surface area contributed by atoms with Crippen molar-refractivity contribution in [1.29, 1.82) is 0 Å². The van der Waals surface area contributed by atoms with Crippen LogP contribution in [-0.4, -0.2) is 99.6 Å². The third-order valence-corrected chi connectivity index (χ3v) is 6.30. The smallest absolute Gasteiger partial charge is 0.413 e. The Labute approximate surface area is 187 Å². The van der Waals surface area contributed by atoms with Crippen LogP contribution in [0.5, 0.6) is 0 Å². The van der Waals surface area contributed by atoms with Gasteiger partial charge in [-0.15, -0.1) is 0 Å². The number of aliphatic hydroxyl groups is 2. The van der Waals surface area contributed by atoms with Crippen molar-refractivity contribution in [2.24, 2.45) is 0 Å². The van der Waals surface area contributed by atoms with Gasteiger partial charge < -0.3 is 29.2 Å². The predicted molar refractivity (Wildman–Crippen MR) is 109 cm³/mol. The summed E-state index contributed by atoms with van der Waals surface area (Å²) in [5, 5.41) is 19.2. The average molecular weight is 459 g/mol. The number of aliphatic hydroxyl groups excluding tert-OH is 2. The van der Waals surface area contributed by atoms with E-state index in [2.05, 4.69) is 0 Å². The lowest BCUT2D eigenvalue weighted by Gasteiger charge is -2.40. The molecule has 0 aromatic rings. The second-order valence-corrected chi connectivity index (χ2v) is 10.0. The number of carbonyl (C=O) groups excluding carboxylic acids is 3. The third kappa shape index (κ3) is 4.01. The number of ether oxygens (including phenoxy) is 4. The molecule has 0 aromatic heterocycles. The predicted octanol–water partition coefficient (Wildman–Crippen LogP) is 0.997. The van der Waals surface area contributed by atoms with Crippen molar-refractivity contribution in [2.45, 2.75) is 95.0 Å². The molecule has 0 spiro atoms. The standard InChI is InChI=1S/C21H34N2O9/c1-19(2,3)32-18(28)23-14(11-30-20(23,4)5)15-21(16(26)29-6)8-7-12(9-13(25)10-24)22(21)17(27)31-15/h12-15,24-25H,7-11H2,1-6H3/t12-,13?,14+,15+,21-/m1/s1. The lowest BCUT2D eigenvalue weighted by Crippen LogP contribution is -2.63. The Hall–Kier alpha value is -2.11. The summed E-state index contributed by atoms with van der Waals surface area (Å²) in [7, 11) is 1.23. The Bertz CT molecular complexity index is 765. The summed E-state index contributed by atoms with van der Waals surface area (Å²) in [5.41, 5.74) is -3.31. The van der Waals surface area contributed by atoms with Crippen molar-refractivity contribution >= 4 is 18.2 Å². The number of methoxy groups -OCH3 is 1. The van der Waals surface area contributed by atoms with Gasteiger partial charge in [0.1, 0.15) is 17.4 Å². The molecule has 2 amide bonds. The highest BCUT2D eigenvalue weighted by Crippen LogP contribution is 2.49. The van der Waals surface area contributed by atoms with Crippen LogP contribution in [0.1, 0.15) is 53.9 Å². The number of nitrogens with zero attached hydrogens (tertiary/aromatic N) is 2. The average Bonchev–Trinajstić information content (AvgIpc) is 3.30. The van der Waals surface area contributed by atoms with Gasteiger partial charge in [0.2, 0.25) is 0 Å². The quantitative estimate of drug-likeness (QED) is 0.457. The summed E-state index contributed by atoms with van der Waals surface area (Å²) in [6.07, 6.45) is -2.79. The molecule has 3 heterocycles. The Morgan fingerprint density at radius 1 is 1.31 bits per heavy atom. The van der Waals surface area contributed by atoms with Crippen molar-refractivity contribution < 1.29 is 43.5 Å². The van der Waals surface area contributed by atoms with Crippen molar-refractivity contribution in [1.82, 2.24) is 9.80 Å². The van der Waals surface area contributed by atoms with Gasteiger partial charge in [-0.1, -0.05) is 0 Å². The number of fused-ring (bicyclic) bond motifs is 1. The van der Waals surface area contributed by atoms with E-state index in [9.17, 15) is 24.6 Å². The number of carbonyl (C=O) groups is 3. The molecule has 3 saturated heterocycles. The van der Waals surface area contributed by atoms with Crippen LogP contribution in [0.3, 0.4) is 0 Å². The van der Waals surface area contributed by atoms with E-state index in [0.29, 0.717) is 6.42 Å². The molecule has 32 heavy (non-hydrogen) atoms. The highest BCUT2D eigenvalue weighted by molar-refractivity contribution is 5.91. The van der Waals surface area contributed by atoms with E-state index in [1.165, 1.54) is 16.9 Å². The number of hydrogen-bond donors (Lipinski definition) is 2. The van der Waals surface area contributed by atoms with Crippen molar-refractivity contribution in [2.75, 3.05) is 20.3 Å². The lowest BCUT2D eigenvalue weighted by atomic mass is 9.85. The summed E-state index contributed by atoms with van der Waals surface area (Å²) in [5.74, 6) is -0.664. The minimum absolute atomic E-state index is 0.0285. The largest absolute Gasteiger partial charge is 0.467 e. The summed E-state index contributed by atoms with van der Waals surface area (Å²) >= 11 is 0. The second-order valence-electron chi connectivity index (χ2n) is 10.0. The zero-order valence-electron chi connectivity index (χ0n) is 19.5. The van der Waals surface area contributed by atoms with Gasteiger partial charge in [-0.25, -0.2) is 14.4 Å². The van der Waals surface area contributed by atoms with Gasteiger partial charge >= 0.3 is 18.2 Å². The molecule has 11 heteroatoms. The maximum absolute atomic E-state index is 13.1. The molecule has 182 valence electrons. The first kappa shape index (κ1) is 24.5. The summed E-state index contributed by atoms with van der Waals surface area (Å²) in [4.78, 5) is 41.9. The molecule has 3 fully saturated rings. The molecule has 0 radical (unpaired) electrons. The second kappa shape index (κ2) is 8.35. The van der Waals surface area contributed by atoms with E-state index in [1.807, 2.05) is 0 Å². The number of amides is 2. The van der Waals surface area contributed by atoms with Crippen LogP contribution >= 0.6 is 0 Å². The fourth-order valence-corrected chi connectivity index (χ4v) is 5.04. The van der Waals surface area contributed by atoms with Crippen molar-refractivity contribution in [3.63, 3.8) is 0 Å². The van der Waals surface area contributed by atoms with Crippen LogP contribution in [0.2, 0.25) is 0 Å². The minimum atomic E-state index is -1.49. The van der Waals surface area contributed by atoms with E-state index >= 15 is 0 Å². The molecule has 5 atom stereocenters. The SMILES string of the molecule is COC(=O)[C@]12CC[C@H](CC(O)CO)N1C(=O)O[C@H]2[C@@H]1COC(C)(C)N1C(=O)OC(C)(C)C. The van der Waals surface area contributed by atoms with Gasteiger partial charge in [0.15, 0.2) is 11.6 Å². The highest BCUT2D eigenvalue weighted by atomic mass is 16.6. The topological polar surface area (TPSA) is 135 Å². The van der Waals surface area contributed by atoms with Gasteiger partial charge in [0.05, 0.1) is 26.4 Å². The van der Waals surface area contributed by atoms with Crippen LogP contribution in [0.25, 0.3) is 0 Å². The zero-order valence-corrected chi connectivity index (χ0v) is 19.5. The van der Waals surface area contributed by atoms with Gasteiger partial charge in [-0.05, 0) is 53.9 Å². The number of hydrogen-bond acceptors (Lipinski definition) is 9. The molecule has 3 aliphatic rings. The van der Waals surface area contributed by atoms with E-state index < -0.39 is 65.9 Å². The van der Waals surface area contributed by atoms with Crippen LogP contribution in [0, 0.1) is 0 Å². The molecule has 0 aromatic carbocycles. The van der Waals surface area contributed by atoms with Gasteiger partial charge in [0.25, 0.3) is 0 Å². The molecule has 0 aliphatic carbocycles. The molecular formula is C21H34N2O9. The molecule has 0 saturated carbocycles. The van der Waals surface area contributed by atoms with Gasteiger partial charge in [-0.3, -0.25) is 9.80 Å². The van der Waals surface area contributed by atoms with Gasteiger partial charge in [0, 0.05) is 6.04 Å². The summed E-state index contributed by atoms with van der Waals surface area (Å²) in [6.45, 7) is 8.18. The Morgan fingerprint density at radius 2 is 1.97 bits per heavy atom. The molecule has 1 unspecified atom stereocenters. The van der Waals surface area contributed by atoms with E-state index in [1.54, 1.807) is 34.6 Å². The summed E-state index contributed by atoms with van der Waals surface area (Å²) in [6, 6.07) is -1.33. The molecule has 11 nitrogen and oxygen atoms in total. The minimum Gasteiger partial charge on any atom is -0.467 e. The van der Waals surface area contributed by atoms with Crippen molar-refractivity contribution in [3.05, 3.63) is 0 Å². The maximum atomic E-state index is 13.1. The molecule has 3 aliphatic heterocycles. The van der Waals surface area contributed by atoms with Crippen LogP contribution in [-0.2, 0) is 23.7 Å². The molecule has 3 rings (SSSR count).